The lowest BCUT2D eigenvalue weighted by atomic mass is 9.86. The molecule has 2 aromatic rings. The van der Waals surface area contributed by atoms with Crippen LogP contribution in [0.3, 0.4) is 0 Å². The minimum Gasteiger partial charge on any atom is -0.289 e. The van der Waals surface area contributed by atoms with Crippen LogP contribution in [0.15, 0.2) is 48.3 Å². The van der Waals surface area contributed by atoms with Gasteiger partial charge in [-0.2, -0.15) is 10.2 Å². The highest BCUT2D eigenvalue weighted by molar-refractivity contribution is 6.13. The fourth-order valence-electron chi connectivity index (χ4n) is 2.24. The van der Waals surface area contributed by atoms with E-state index in [1.54, 1.807) is 12.4 Å². The Balaban J connectivity index is 1.98. The zero-order valence-electron chi connectivity index (χ0n) is 9.84. The first-order chi connectivity index (χ1) is 8.84. The monoisotopic (exact) mass is 236 g/mol. The van der Waals surface area contributed by atoms with Crippen molar-refractivity contribution in [2.24, 2.45) is 0 Å². The van der Waals surface area contributed by atoms with Crippen molar-refractivity contribution < 1.29 is 4.79 Å². The van der Waals surface area contributed by atoms with Gasteiger partial charge in [0.2, 0.25) is 0 Å². The predicted molar refractivity (Wildman–Crippen MR) is 69.1 cm³/mol. The van der Waals surface area contributed by atoms with Crippen molar-refractivity contribution in [1.82, 2.24) is 10.2 Å². The summed E-state index contributed by atoms with van der Waals surface area (Å²) in [7, 11) is 0. The number of aryl methyl sites for hydroxylation is 1. The van der Waals surface area contributed by atoms with Gasteiger partial charge in [0, 0.05) is 11.1 Å². The normalized spacial score (nSPS) is 16.7. The average Bonchev–Trinajstić information content (AvgIpc) is 2.43. The van der Waals surface area contributed by atoms with Crippen LogP contribution in [-0.2, 0) is 6.42 Å². The van der Waals surface area contributed by atoms with Crippen LogP contribution in [0, 0.1) is 0 Å². The minimum absolute atomic E-state index is 0.133. The Labute approximate surface area is 105 Å². The Morgan fingerprint density at radius 2 is 1.94 bits per heavy atom. The van der Waals surface area contributed by atoms with Gasteiger partial charge in [0.15, 0.2) is 5.78 Å². The number of benzene rings is 1. The van der Waals surface area contributed by atoms with Crippen molar-refractivity contribution >= 4 is 11.9 Å². The lowest BCUT2D eigenvalue weighted by molar-refractivity contribution is 0.102. The van der Waals surface area contributed by atoms with E-state index < -0.39 is 0 Å². The molecule has 0 fully saturated rings. The molecule has 0 unspecified atom stereocenters. The maximum atomic E-state index is 12.3. The van der Waals surface area contributed by atoms with Gasteiger partial charge in [-0.25, -0.2) is 0 Å². The highest BCUT2D eigenvalue weighted by Crippen LogP contribution is 2.26. The Hall–Kier alpha value is -2.29. The van der Waals surface area contributed by atoms with E-state index in [2.05, 4.69) is 10.2 Å². The van der Waals surface area contributed by atoms with Crippen LogP contribution in [0.2, 0.25) is 0 Å². The van der Waals surface area contributed by atoms with Gasteiger partial charge in [-0.3, -0.25) is 4.79 Å². The molecule has 0 N–H and O–H groups in total. The van der Waals surface area contributed by atoms with Crippen molar-refractivity contribution in [1.29, 1.82) is 0 Å². The number of aromatic nitrogens is 2. The Morgan fingerprint density at radius 3 is 2.78 bits per heavy atom. The molecule has 0 saturated heterocycles. The number of carbonyl (C=O) groups is 1. The SMILES string of the molecule is O=C1/C(=C/c2ccnnc2)CCc2ccccc21. The summed E-state index contributed by atoms with van der Waals surface area (Å²) < 4.78 is 0. The van der Waals surface area contributed by atoms with Crippen LogP contribution in [-0.4, -0.2) is 16.0 Å². The summed E-state index contributed by atoms with van der Waals surface area (Å²) in [5.41, 5.74) is 3.75. The predicted octanol–water partition coefficient (Wildman–Crippen LogP) is 2.69. The Morgan fingerprint density at radius 1 is 1.06 bits per heavy atom. The summed E-state index contributed by atoms with van der Waals surface area (Å²) in [4.78, 5) is 12.3. The van der Waals surface area contributed by atoms with Crippen molar-refractivity contribution in [3.63, 3.8) is 0 Å². The van der Waals surface area contributed by atoms with Crippen molar-refractivity contribution in [2.75, 3.05) is 0 Å². The third kappa shape index (κ3) is 1.95. The van der Waals surface area contributed by atoms with Crippen molar-refractivity contribution in [3.8, 4) is 0 Å². The first-order valence-electron chi connectivity index (χ1n) is 5.94. The molecule has 1 aliphatic carbocycles. The molecule has 0 radical (unpaired) electrons. The molecule has 0 saturated carbocycles. The number of hydrogen-bond donors (Lipinski definition) is 0. The van der Waals surface area contributed by atoms with Gasteiger partial charge in [-0.15, -0.1) is 0 Å². The summed E-state index contributed by atoms with van der Waals surface area (Å²) in [6, 6.07) is 9.67. The smallest absolute Gasteiger partial charge is 0.189 e. The number of allylic oxidation sites excluding steroid dienone is 1. The summed E-state index contributed by atoms with van der Waals surface area (Å²) >= 11 is 0. The van der Waals surface area contributed by atoms with Gasteiger partial charge in [0.25, 0.3) is 0 Å². The molecule has 0 bridgehead atoms. The fraction of sp³-hybridized carbons (Fsp3) is 0.133. The molecule has 0 spiro atoms. The standard InChI is InChI=1S/C15H12N2O/c18-15-13(9-11-7-8-16-17-10-11)6-5-12-3-1-2-4-14(12)15/h1-4,7-10H,5-6H2/b13-9+. The maximum absolute atomic E-state index is 12.3. The zero-order chi connectivity index (χ0) is 12.4. The van der Waals surface area contributed by atoms with Gasteiger partial charge in [-0.05, 0) is 36.1 Å². The molecule has 1 heterocycles. The molecule has 1 aromatic carbocycles. The zero-order valence-corrected chi connectivity index (χ0v) is 9.84. The van der Waals surface area contributed by atoms with E-state index in [-0.39, 0.29) is 5.78 Å². The number of fused-ring (bicyclic) bond motifs is 1. The topological polar surface area (TPSA) is 42.9 Å². The highest BCUT2D eigenvalue weighted by Gasteiger charge is 2.20. The summed E-state index contributed by atoms with van der Waals surface area (Å²) in [5, 5.41) is 7.54. The molecule has 3 nitrogen and oxygen atoms in total. The highest BCUT2D eigenvalue weighted by atomic mass is 16.1. The number of nitrogens with zero attached hydrogens (tertiary/aromatic N) is 2. The van der Waals surface area contributed by atoms with Crippen LogP contribution in [0.25, 0.3) is 6.08 Å². The molecule has 3 rings (SSSR count). The lowest BCUT2D eigenvalue weighted by Gasteiger charge is -2.17. The first-order valence-corrected chi connectivity index (χ1v) is 5.94. The van der Waals surface area contributed by atoms with E-state index >= 15 is 0 Å². The molecule has 88 valence electrons. The first kappa shape index (κ1) is 10.8. The fourth-order valence-corrected chi connectivity index (χ4v) is 2.24. The lowest BCUT2D eigenvalue weighted by Crippen LogP contribution is -2.13. The summed E-state index contributed by atoms with van der Waals surface area (Å²) in [5.74, 6) is 0.133. The number of Topliss-reactive ketones (excluding diaryl/α,β-unsaturated/α-hetero) is 1. The van der Waals surface area contributed by atoms with E-state index in [1.807, 2.05) is 36.4 Å². The number of carbonyl (C=O) groups excluding carboxylic acids is 1. The van der Waals surface area contributed by atoms with Gasteiger partial charge < -0.3 is 0 Å². The minimum atomic E-state index is 0.133. The van der Waals surface area contributed by atoms with E-state index in [9.17, 15) is 4.79 Å². The Kier molecular flexibility index (Phi) is 2.73. The maximum Gasteiger partial charge on any atom is 0.189 e. The molecule has 1 aromatic heterocycles. The van der Waals surface area contributed by atoms with Crippen LogP contribution in [0.1, 0.15) is 27.9 Å². The summed E-state index contributed by atoms with van der Waals surface area (Å²) in [6.45, 7) is 0. The molecule has 1 aliphatic rings. The van der Waals surface area contributed by atoms with Crippen LogP contribution < -0.4 is 0 Å². The molecular formula is C15H12N2O. The molecular weight excluding hydrogens is 224 g/mol. The van der Waals surface area contributed by atoms with Gasteiger partial charge >= 0.3 is 0 Å². The Bertz CT molecular complexity index is 617. The van der Waals surface area contributed by atoms with E-state index in [0.717, 1.165) is 35.1 Å². The molecule has 18 heavy (non-hydrogen) atoms. The second kappa shape index (κ2) is 4.53. The molecule has 0 atom stereocenters. The van der Waals surface area contributed by atoms with Gasteiger partial charge in [-0.1, -0.05) is 24.3 Å². The quantitative estimate of drug-likeness (QED) is 0.715. The second-order valence-electron chi connectivity index (χ2n) is 4.33. The molecule has 0 amide bonds. The van der Waals surface area contributed by atoms with E-state index in [0.29, 0.717) is 0 Å². The number of ketones is 1. The average molecular weight is 236 g/mol. The largest absolute Gasteiger partial charge is 0.289 e. The van der Waals surface area contributed by atoms with Crippen LogP contribution in [0.5, 0.6) is 0 Å². The van der Waals surface area contributed by atoms with E-state index in [4.69, 9.17) is 0 Å². The second-order valence-corrected chi connectivity index (χ2v) is 4.33. The third-order valence-corrected chi connectivity index (χ3v) is 3.17. The third-order valence-electron chi connectivity index (χ3n) is 3.17. The molecule has 3 heteroatoms. The summed E-state index contributed by atoms with van der Waals surface area (Å²) in [6.07, 6.45) is 6.92. The van der Waals surface area contributed by atoms with Gasteiger partial charge in [0.1, 0.15) is 0 Å². The van der Waals surface area contributed by atoms with Crippen LogP contribution in [0.4, 0.5) is 0 Å². The van der Waals surface area contributed by atoms with Crippen molar-refractivity contribution in [2.45, 2.75) is 12.8 Å². The molecule has 0 aliphatic heterocycles. The van der Waals surface area contributed by atoms with Gasteiger partial charge in [0.05, 0.1) is 12.4 Å². The number of hydrogen-bond acceptors (Lipinski definition) is 3. The van der Waals surface area contributed by atoms with Crippen LogP contribution >= 0.6 is 0 Å². The number of rotatable bonds is 1. The van der Waals surface area contributed by atoms with Crippen molar-refractivity contribution in [3.05, 3.63) is 65.0 Å². The van der Waals surface area contributed by atoms with E-state index in [1.165, 1.54) is 0 Å².